The average molecular weight is 475 g/mol. The lowest BCUT2D eigenvalue weighted by atomic mass is 10.2. The molecular weight excluding hydrogens is 458 g/mol. The molecule has 3 aromatic rings. The van der Waals surface area contributed by atoms with Crippen LogP contribution in [0.3, 0.4) is 0 Å². The van der Waals surface area contributed by atoms with Gasteiger partial charge in [-0.25, -0.2) is 28.2 Å². The van der Waals surface area contributed by atoms with Crippen LogP contribution in [0.15, 0.2) is 34.4 Å². The number of benzene rings is 2. The Balaban J connectivity index is 1.69. The number of hydrazone groups is 1. The summed E-state index contributed by atoms with van der Waals surface area (Å²) in [5, 5.41) is 20.0. The van der Waals surface area contributed by atoms with E-state index < -0.39 is 29.5 Å². The van der Waals surface area contributed by atoms with E-state index in [1.165, 1.54) is 11.3 Å². The fourth-order valence-corrected chi connectivity index (χ4v) is 4.15. The highest BCUT2D eigenvalue weighted by Gasteiger charge is 2.27. The minimum absolute atomic E-state index is 0.0244. The van der Waals surface area contributed by atoms with Crippen molar-refractivity contribution in [3.63, 3.8) is 0 Å². The first-order valence-electron chi connectivity index (χ1n) is 9.74. The molecule has 0 amide bonds. The van der Waals surface area contributed by atoms with Crippen molar-refractivity contribution >= 4 is 39.2 Å². The summed E-state index contributed by atoms with van der Waals surface area (Å²) < 4.78 is 56.2. The van der Waals surface area contributed by atoms with Gasteiger partial charge in [-0.15, -0.1) is 16.4 Å². The second-order valence-corrected chi connectivity index (χ2v) is 8.54. The van der Waals surface area contributed by atoms with E-state index in [1.807, 2.05) is 26.0 Å². The highest BCUT2D eigenvalue weighted by molar-refractivity contribution is 7.18. The summed E-state index contributed by atoms with van der Waals surface area (Å²) in [7, 11) is 0. The third-order valence-electron chi connectivity index (χ3n) is 4.85. The Morgan fingerprint density at radius 1 is 1.12 bits per heavy atom. The predicted octanol–water partition coefficient (Wildman–Crippen LogP) is 4.34. The van der Waals surface area contributed by atoms with Gasteiger partial charge in [0.2, 0.25) is 11.9 Å². The van der Waals surface area contributed by atoms with Crippen molar-refractivity contribution < 1.29 is 17.6 Å². The van der Waals surface area contributed by atoms with E-state index in [4.69, 9.17) is 5.26 Å². The zero-order valence-corrected chi connectivity index (χ0v) is 18.3. The van der Waals surface area contributed by atoms with Gasteiger partial charge in [0.1, 0.15) is 6.04 Å². The van der Waals surface area contributed by atoms with Crippen molar-refractivity contribution in [1.29, 1.82) is 5.26 Å². The maximum absolute atomic E-state index is 14.6. The van der Waals surface area contributed by atoms with Crippen LogP contribution in [0.2, 0.25) is 0 Å². The highest BCUT2D eigenvalue weighted by Crippen LogP contribution is 2.29. The summed E-state index contributed by atoms with van der Waals surface area (Å²) >= 11 is 1.50. The van der Waals surface area contributed by atoms with Gasteiger partial charge in [-0.1, -0.05) is 0 Å². The number of anilines is 1. The molecule has 1 aliphatic rings. The minimum atomic E-state index is -1.59. The lowest BCUT2D eigenvalue weighted by Gasteiger charge is -2.28. The second kappa shape index (κ2) is 9.03. The molecule has 12 heteroatoms. The van der Waals surface area contributed by atoms with Crippen LogP contribution in [0, 0.1) is 42.8 Å². The standard InChI is InChI=1S/C21H17F4N7S/c1-10-3-16-18(33-11(2)28-16)6-15(10)29-21-30-17(7-27-9-26)20(25)31-32(21)8-12-4-13(22)19(24)14(23)5-12/h3-6,17,27H,7-8H2,1-2H3,(H,29,30). The van der Waals surface area contributed by atoms with Crippen LogP contribution in [-0.2, 0) is 6.54 Å². The first-order chi connectivity index (χ1) is 15.7. The quantitative estimate of drug-likeness (QED) is 0.248. The highest BCUT2D eigenvalue weighted by atomic mass is 32.1. The van der Waals surface area contributed by atoms with Gasteiger partial charge in [-0.2, -0.15) is 9.65 Å². The van der Waals surface area contributed by atoms with Crippen LogP contribution >= 0.6 is 11.3 Å². The maximum Gasteiger partial charge on any atom is 0.234 e. The zero-order chi connectivity index (χ0) is 23.7. The number of rotatable bonds is 5. The molecule has 2 aromatic carbocycles. The topological polar surface area (TPSA) is 88.7 Å². The van der Waals surface area contributed by atoms with Gasteiger partial charge in [0.25, 0.3) is 0 Å². The predicted molar refractivity (Wildman–Crippen MR) is 118 cm³/mol. The number of guanidine groups is 1. The van der Waals surface area contributed by atoms with Crippen molar-refractivity contribution in [2.45, 2.75) is 26.4 Å². The van der Waals surface area contributed by atoms with E-state index in [9.17, 15) is 17.6 Å². The average Bonchev–Trinajstić information content (AvgIpc) is 3.11. The normalized spacial score (nSPS) is 15.8. The Morgan fingerprint density at radius 3 is 2.55 bits per heavy atom. The monoisotopic (exact) mass is 475 g/mol. The smallest absolute Gasteiger partial charge is 0.234 e. The van der Waals surface area contributed by atoms with E-state index in [-0.39, 0.29) is 24.6 Å². The largest absolute Gasteiger partial charge is 0.324 e. The third kappa shape index (κ3) is 4.73. The molecule has 1 aliphatic heterocycles. The number of thiazole rings is 1. The van der Waals surface area contributed by atoms with Crippen LogP contribution in [0.4, 0.5) is 23.2 Å². The molecule has 1 atom stereocenters. The van der Waals surface area contributed by atoms with Crippen molar-refractivity contribution in [1.82, 2.24) is 15.3 Å². The Morgan fingerprint density at radius 2 is 1.85 bits per heavy atom. The number of nitrogens with one attached hydrogen (secondary N) is 2. The fraction of sp³-hybridized carbons (Fsp3) is 0.238. The summed E-state index contributed by atoms with van der Waals surface area (Å²) in [6.45, 7) is 3.34. The molecule has 2 N–H and O–H groups in total. The first-order valence-corrected chi connectivity index (χ1v) is 10.6. The van der Waals surface area contributed by atoms with Crippen LogP contribution in [-0.4, -0.2) is 34.5 Å². The summed E-state index contributed by atoms with van der Waals surface area (Å²) in [4.78, 5) is 8.75. The molecule has 0 fully saturated rings. The molecule has 1 aromatic heterocycles. The molecule has 0 saturated carbocycles. The van der Waals surface area contributed by atoms with Crippen LogP contribution in [0.1, 0.15) is 16.1 Å². The second-order valence-electron chi connectivity index (χ2n) is 7.31. The van der Waals surface area contributed by atoms with Crippen molar-refractivity contribution in [2.24, 2.45) is 10.1 Å². The Labute approximate surface area is 190 Å². The number of aliphatic imine (C=N–C) groups is 1. The van der Waals surface area contributed by atoms with E-state index in [0.29, 0.717) is 5.69 Å². The molecule has 0 bridgehead atoms. The molecule has 170 valence electrons. The Kier molecular flexibility index (Phi) is 6.15. The molecule has 1 unspecified atom stereocenters. The van der Waals surface area contributed by atoms with Crippen LogP contribution in [0.5, 0.6) is 0 Å². The molecule has 0 saturated heterocycles. The van der Waals surface area contributed by atoms with Crippen LogP contribution < -0.4 is 10.6 Å². The number of aromatic nitrogens is 1. The number of hydrogen-bond acceptors (Lipinski definition) is 8. The van der Waals surface area contributed by atoms with Crippen LogP contribution in [0.25, 0.3) is 10.2 Å². The number of nitriles is 1. The van der Waals surface area contributed by atoms with Gasteiger partial charge in [0.05, 0.1) is 28.3 Å². The van der Waals surface area contributed by atoms with Crippen molar-refractivity contribution in [3.05, 3.63) is 57.9 Å². The molecular formula is C21H17F4N7S. The molecule has 0 radical (unpaired) electrons. The van der Waals surface area contributed by atoms with E-state index in [0.717, 1.165) is 37.9 Å². The molecule has 33 heavy (non-hydrogen) atoms. The summed E-state index contributed by atoms with van der Waals surface area (Å²) in [6, 6.07) is 4.29. The van der Waals surface area contributed by atoms with Crippen molar-refractivity contribution in [3.8, 4) is 6.19 Å². The van der Waals surface area contributed by atoms with E-state index in [2.05, 4.69) is 25.7 Å². The third-order valence-corrected chi connectivity index (χ3v) is 5.79. The van der Waals surface area contributed by atoms with Gasteiger partial charge < -0.3 is 10.6 Å². The summed E-state index contributed by atoms with van der Waals surface area (Å²) in [5.74, 6) is -5.12. The zero-order valence-electron chi connectivity index (χ0n) is 17.5. The van der Waals surface area contributed by atoms with Gasteiger partial charge >= 0.3 is 0 Å². The molecule has 2 heterocycles. The molecule has 7 nitrogen and oxygen atoms in total. The van der Waals surface area contributed by atoms with Gasteiger partial charge in [-0.05, 0) is 49.2 Å². The fourth-order valence-electron chi connectivity index (χ4n) is 3.30. The number of nitrogens with zero attached hydrogens (tertiary/aromatic N) is 5. The first kappa shape index (κ1) is 22.5. The van der Waals surface area contributed by atoms with Gasteiger partial charge in [0.15, 0.2) is 23.6 Å². The number of aryl methyl sites for hydroxylation is 2. The van der Waals surface area contributed by atoms with Gasteiger partial charge in [-0.3, -0.25) is 0 Å². The Hall–Kier alpha value is -3.72. The summed E-state index contributed by atoms with van der Waals surface area (Å²) in [5.41, 5.74) is 2.34. The van der Waals surface area contributed by atoms with E-state index >= 15 is 0 Å². The van der Waals surface area contributed by atoms with E-state index in [1.54, 1.807) is 6.19 Å². The lowest BCUT2D eigenvalue weighted by molar-refractivity contribution is 0.399. The van der Waals surface area contributed by atoms with Gasteiger partial charge in [0, 0.05) is 5.69 Å². The number of fused-ring (bicyclic) bond motifs is 1. The SMILES string of the molecule is Cc1nc2cc(C)c(NC3=NC(CNC#N)C(F)=NN3Cc3cc(F)c(F)c(F)c3)cc2s1. The molecule has 4 rings (SSSR count). The van der Waals surface area contributed by atoms with Crippen molar-refractivity contribution in [2.75, 3.05) is 11.9 Å². The number of halogens is 4. The molecule has 0 spiro atoms. The lowest BCUT2D eigenvalue weighted by Crippen LogP contribution is -2.42. The summed E-state index contributed by atoms with van der Waals surface area (Å²) in [6.07, 6.45) is 1.70. The number of hydrogen-bond donors (Lipinski definition) is 2. The Bertz CT molecular complexity index is 1310. The molecule has 0 aliphatic carbocycles. The maximum atomic E-state index is 14.6. The minimum Gasteiger partial charge on any atom is -0.324 e.